The second-order valence-electron chi connectivity index (χ2n) is 3.86. The molecule has 0 saturated heterocycles. The fourth-order valence-corrected chi connectivity index (χ4v) is 1.41. The van der Waals surface area contributed by atoms with Crippen molar-refractivity contribution in [2.24, 2.45) is 0 Å². The topological polar surface area (TPSA) is 38.3 Å². The van der Waals surface area contributed by atoms with Gasteiger partial charge in [-0.3, -0.25) is 4.79 Å². The van der Waals surface area contributed by atoms with Gasteiger partial charge in [-0.2, -0.15) is 0 Å². The van der Waals surface area contributed by atoms with Crippen LogP contribution >= 0.6 is 0 Å². The standard InChI is InChI=1S/C13H19NO2/c1-4-10(2)11-5-7-12(8-6-11)14-9-13(15)16-3/h5-8,10,14H,4,9H2,1-3H3. The monoisotopic (exact) mass is 221 g/mol. The number of carbonyl (C=O) groups is 1. The molecule has 1 rings (SSSR count). The molecule has 0 amide bonds. The molecule has 1 aromatic rings. The molecule has 3 heteroatoms. The summed E-state index contributed by atoms with van der Waals surface area (Å²) < 4.78 is 4.55. The average molecular weight is 221 g/mol. The first kappa shape index (κ1) is 12.6. The number of benzene rings is 1. The molecule has 0 aromatic heterocycles. The number of ether oxygens (including phenoxy) is 1. The van der Waals surface area contributed by atoms with Crippen molar-refractivity contribution in [3.8, 4) is 0 Å². The predicted molar refractivity (Wildman–Crippen MR) is 65.7 cm³/mol. The average Bonchev–Trinajstić information content (AvgIpc) is 2.35. The molecule has 1 aromatic carbocycles. The minimum atomic E-state index is -0.258. The number of anilines is 1. The van der Waals surface area contributed by atoms with Crippen LogP contribution in [0, 0.1) is 0 Å². The second kappa shape index (κ2) is 6.16. The molecule has 1 atom stereocenters. The van der Waals surface area contributed by atoms with Crippen LogP contribution in [-0.4, -0.2) is 19.6 Å². The van der Waals surface area contributed by atoms with E-state index in [1.54, 1.807) is 0 Å². The van der Waals surface area contributed by atoms with Gasteiger partial charge >= 0.3 is 5.97 Å². The summed E-state index contributed by atoms with van der Waals surface area (Å²) in [6, 6.07) is 8.16. The largest absolute Gasteiger partial charge is 0.468 e. The highest BCUT2D eigenvalue weighted by atomic mass is 16.5. The maximum Gasteiger partial charge on any atom is 0.325 e. The van der Waals surface area contributed by atoms with Gasteiger partial charge < -0.3 is 10.1 Å². The Morgan fingerprint density at radius 1 is 1.38 bits per heavy atom. The van der Waals surface area contributed by atoms with Gasteiger partial charge in [0, 0.05) is 5.69 Å². The molecule has 1 unspecified atom stereocenters. The summed E-state index contributed by atoms with van der Waals surface area (Å²) in [5.41, 5.74) is 2.27. The Kier molecular flexibility index (Phi) is 4.83. The van der Waals surface area contributed by atoms with Gasteiger partial charge in [-0.05, 0) is 30.0 Å². The first-order chi connectivity index (χ1) is 7.67. The Morgan fingerprint density at radius 3 is 2.50 bits per heavy atom. The summed E-state index contributed by atoms with van der Waals surface area (Å²) in [4.78, 5) is 10.9. The summed E-state index contributed by atoms with van der Waals surface area (Å²) in [5.74, 6) is 0.320. The van der Waals surface area contributed by atoms with E-state index in [2.05, 4.69) is 36.0 Å². The molecule has 3 nitrogen and oxygen atoms in total. The van der Waals surface area contributed by atoms with E-state index in [-0.39, 0.29) is 12.5 Å². The summed E-state index contributed by atoms with van der Waals surface area (Å²) in [6.07, 6.45) is 1.13. The lowest BCUT2D eigenvalue weighted by atomic mass is 9.99. The highest BCUT2D eigenvalue weighted by molar-refractivity contribution is 5.74. The van der Waals surface area contributed by atoms with Crippen molar-refractivity contribution >= 4 is 11.7 Å². The van der Waals surface area contributed by atoms with Gasteiger partial charge in [0.25, 0.3) is 0 Å². The van der Waals surface area contributed by atoms with E-state index in [1.165, 1.54) is 12.7 Å². The van der Waals surface area contributed by atoms with E-state index >= 15 is 0 Å². The van der Waals surface area contributed by atoms with Gasteiger partial charge in [0.15, 0.2) is 0 Å². The molecular formula is C13H19NO2. The van der Waals surface area contributed by atoms with Gasteiger partial charge in [-0.15, -0.1) is 0 Å². The summed E-state index contributed by atoms with van der Waals surface area (Å²) in [5, 5.41) is 3.00. The third-order valence-electron chi connectivity index (χ3n) is 2.76. The number of esters is 1. The predicted octanol–water partition coefficient (Wildman–Crippen LogP) is 2.79. The quantitative estimate of drug-likeness (QED) is 0.777. The van der Waals surface area contributed by atoms with Crippen LogP contribution < -0.4 is 5.32 Å². The van der Waals surface area contributed by atoms with Crippen LogP contribution in [0.3, 0.4) is 0 Å². The molecule has 16 heavy (non-hydrogen) atoms. The van der Waals surface area contributed by atoms with Crippen LogP contribution in [0.1, 0.15) is 31.7 Å². The van der Waals surface area contributed by atoms with E-state index in [0.29, 0.717) is 5.92 Å². The lowest BCUT2D eigenvalue weighted by Crippen LogP contribution is -2.14. The fraction of sp³-hybridized carbons (Fsp3) is 0.462. The molecule has 0 aliphatic heterocycles. The van der Waals surface area contributed by atoms with Crippen molar-refractivity contribution in [1.29, 1.82) is 0 Å². The van der Waals surface area contributed by atoms with Gasteiger partial charge in [-0.1, -0.05) is 26.0 Å². The van der Waals surface area contributed by atoms with Crippen LogP contribution in [0.15, 0.2) is 24.3 Å². The number of carbonyl (C=O) groups excluding carboxylic acids is 1. The lowest BCUT2D eigenvalue weighted by Gasteiger charge is -2.10. The molecule has 0 radical (unpaired) electrons. The molecule has 0 aliphatic rings. The summed E-state index contributed by atoms with van der Waals surface area (Å²) in [6.45, 7) is 4.59. The van der Waals surface area contributed by atoms with Gasteiger partial charge in [-0.25, -0.2) is 0 Å². The zero-order valence-corrected chi connectivity index (χ0v) is 10.1. The van der Waals surface area contributed by atoms with Crippen molar-refractivity contribution < 1.29 is 9.53 Å². The van der Waals surface area contributed by atoms with Crippen molar-refractivity contribution in [3.63, 3.8) is 0 Å². The number of hydrogen-bond donors (Lipinski definition) is 1. The lowest BCUT2D eigenvalue weighted by molar-refractivity contribution is -0.138. The molecule has 88 valence electrons. The Hall–Kier alpha value is -1.51. The number of methoxy groups -OCH3 is 1. The number of hydrogen-bond acceptors (Lipinski definition) is 3. The highest BCUT2D eigenvalue weighted by Gasteiger charge is 2.03. The summed E-state index contributed by atoms with van der Waals surface area (Å²) in [7, 11) is 1.38. The molecule has 0 fully saturated rings. The van der Waals surface area contributed by atoms with Crippen LogP contribution in [0.25, 0.3) is 0 Å². The van der Waals surface area contributed by atoms with E-state index in [9.17, 15) is 4.79 Å². The van der Waals surface area contributed by atoms with Crippen molar-refractivity contribution in [2.45, 2.75) is 26.2 Å². The zero-order valence-electron chi connectivity index (χ0n) is 10.1. The van der Waals surface area contributed by atoms with E-state index in [0.717, 1.165) is 12.1 Å². The zero-order chi connectivity index (χ0) is 12.0. The molecule has 1 N–H and O–H groups in total. The van der Waals surface area contributed by atoms with Gasteiger partial charge in [0.2, 0.25) is 0 Å². The summed E-state index contributed by atoms with van der Waals surface area (Å²) >= 11 is 0. The smallest absolute Gasteiger partial charge is 0.325 e. The third kappa shape index (κ3) is 3.57. The van der Waals surface area contributed by atoms with Gasteiger partial charge in [0.1, 0.15) is 6.54 Å². The second-order valence-corrected chi connectivity index (χ2v) is 3.86. The Morgan fingerprint density at radius 2 is 2.00 bits per heavy atom. The maximum atomic E-state index is 10.9. The van der Waals surface area contributed by atoms with Crippen LogP contribution in [-0.2, 0) is 9.53 Å². The van der Waals surface area contributed by atoms with Crippen LogP contribution in [0.2, 0.25) is 0 Å². The number of nitrogens with one attached hydrogen (secondary N) is 1. The molecule has 0 bridgehead atoms. The van der Waals surface area contributed by atoms with E-state index in [4.69, 9.17) is 0 Å². The SMILES string of the molecule is CCC(C)c1ccc(NCC(=O)OC)cc1. The molecule has 0 heterocycles. The van der Waals surface area contributed by atoms with Crippen molar-refractivity contribution in [2.75, 3.05) is 19.0 Å². The van der Waals surface area contributed by atoms with Gasteiger partial charge in [0.05, 0.1) is 7.11 Å². The van der Waals surface area contributed by atoms with E-state index < -0.39 is 0 Å². The first-order valence-corrected chi connectivity index (χ1v) is 5.58. The Bertz CT molecular complexity index is 332. The Labute approximate surface area is 96.8 Å². The van der Waals surface area contributed by atoms with Crippen molar-refractivity contribution in [3.05, 3.63) is 29.8 Å². The molecular weight excluding hydrogens is 202 g/mol. The van der Waals surface area contributed by atoms with Crippen molar-refractivity contribution in [1.82, 2.24) is 0 Å². The molecule has 0 saturated carbocycles. The van der Waals surface area contributed by atoms with Crippen LogP contribution in [0.4, 0.5) is 5.69 Å². The maximum absolute atomic E-state index is 10.9. The minimum absolute atomic E-state index is 0.208. The first-order valence-electron chi connectivity index (χ1n) is 5.58. The molecule has 0 aliphatic carbocycles. The van der Waals surface area contributed by atoms with E-state index in [1.807, 2.05) is 12.1 Å². The minimum Gasteiger partial charge on any atom is -0.468 e. The molecule has 0 spiro atoms. The fourth-order valence-electron chi connectivity index (χ4n) is 1.41. The Balaban J connectivity index is 2.54. The highest BCUT2D eigenvalue weighted by Crippen LogP contribution is 2.20. The van der Waals surface area contributed by atoms with Crippen LogP contribution in [0.5, 0.6) is 0 Å². The third-order valence-corrected chi connectivity index (χ3v) is 2.76. The number of rotatable bonds is 5. The normalized spacial score (nSPS) is 11.9.